The Hall–Kier alpha value is -1.62. The van der Waals surface area contributed by atoms with Crippen molar-refractivity contribution >= 4 is 28.8 Å². The van der Waals surface area contributed by atoms with Crippen molar-refractivity contribution in [3.63, 3.8) is 0 Å². The number of hydrogen-bond acceptors (Lipinski definition) is 3. The Morgan fingerprint density at radius 1 is 1.50 bits per heavy atom. The molecule has 18 heavy (non-hydrogen) atoms. The quantitative estimate of drug-likeness (QED) is 0.841. The Morgan fingerprint density at radius 2 is 2.17 bits per heavy atom. The van der Waals surface area contributed by atoms with Crippen LogP contribution in [-0.2, 0) is 4.79 Å². The lowest BCUT2D eigenvalue weighted by molar-refractivity contribution is -0.121. The summed E-state index contributed by atoms with van der Waals surface area (Å²) in [6, 6.07) is 7.35. The first-order chi connectivity index (χ1) is 8.51. The van der Waals surface area contributed by atoms with Gasteiger partial charge in [0.25, 0.3) is 0 Å². The number of ether oxygens (including phenoxy) is 1. The zero-order valence-corrected chi connectivity index (χ0v) is 11.3. The average molecular weight is 264 g/mol. The maximum Gasteiger partial charge on any atom is 0.239 e. The summed E-state index contributed by atoms with van der Waals surface area (Å²) >= 11 is 4.99. The molecule has 1 amide bonds. The molecule has 0 aliphatic heterocycles. The highest BCUT2D eigenvalue weighted by molar-refractivity contribution is 7.80. The summed E-state index contributed by atoms with van der Waals surface area (Å²) in [5, 5.41) is 0. The van der Waals surface area contributed by atoms with E-state index >= 15 is 0 Å². The van der Waals surface area contributed by atoms with Gasteiger partial charge in [-0.05, 0) is 25.0 Å². The van der Waals surface area contributed by atoms with E-state index in [1.807, 2.05) is 24.3 Å². The monoisotopic (exact) mass is 264 g/mol. The molecule has 96 valence electrons. The Bertz CT molecular complexity index is 498. The molecule has 0 saturated heterocycles. The molecule has 1 aromatic rings. The van der Waals surface area contributed by atoms with Crippen LogP contribution in [0.15, 0.2) is 24.3 Å². The highest BCUT2D eigenvalue weighted by Gasteiger charge is 2.54. The molecule has 1 aliphatic carbocycles. The van der Waals surface area contributed by atoms with Crippen molar-refractivity contribution in [3.05, 3.63) is 24.3 Å². The maximum absolute atomic E-state index is 12.4. The predicted molar refractivity (Wildman–Crippen MR) is 74.9 cm³/mol. The number of carbonyl (C=O) groups is 1. The molecule has 0 unspecified atom stereocenters. The summed E-state index contributed by atoms with van der Waals surface area (Å²) in [5.74, 6) is 0.676. The third-order valence-corrected chi connectivity index (χ3v) is 3.77. The molecule has 1 aromatic carbocycles. The highest BCUT2D eigenvalue weighted by Crippen LogP contribution is 2.48. The summed E-state index contributed by atoms with van der Waals surface area (Å²) in [4.78, 5) is 14.3. The largest absolute Gasteiger partial charge is 0.497 e. The number of thiocarbonyl (C=S) groups is 1. The number of amides is 1. The molecule has 2 rings (SSSR count). The van der Waals surface area contributed by atoms with Gasteiger partial charge >= 0.3 is 0 Å². The molecule has 1 saturated carbocycles. The fourth-order valence-corrected chi connectivity index (χ4v) is 2.24. The van der Waals surface area contributed by atoms with E-state index < -0.39 is 5.41 Å². The van der Waals surface area contributed by atoms with Crippen molar-refractivity contribution in [2.45, 2.75) is 12.8 Å². The zero-order chi connectivity index (χ0) is 13.3. The second-order valence-electron chi connectivity index (χ2n) is 4.51. The van der Waals surface area contributed by atoms with Gasteiger partial charge in [-0.15, -0.1) is 0 Å². The minimum Gasteiger partial charge on any atom is -0.497 e. The van der Waals surface area contributed by atoms with Crippen LogP contribution in [0.2, 0.25) is 0 Å². The van der Waals surface area contributed by atoms with Gasteiger partial charge in [-0.25, -0.2) is 0 Å². The van der Waals surface area contributed by atoms with Gasteiger partial charge in [-0.1, -0.05) is 18.3 Å². The molecule has 4 nitrogen and oxygen atoms in total. The summed E-state index contributed by atoms with van der Waals surface area (Å²) < 4.78 is 5.14. The van der Waals surface area contributed by atoms with Gasteiger partial charge in [0.05, 0.1) is 17.5 Å². The topological polar surface area (TPSA) is 55.6 Å². The zero-order valence-electron chi connectivity index (χ0n) is 10.5. The van der Waals surface area contributed by atoms with Gasteiger partial charge in [-0.2, -0.15) is 0 Å². The SMILES string of the molecule is COc1cccc(N(C)C(=O)C2(C(N)=S)CC2)c1. The summed E-state index contributed by atoms with van der Waals surface area (Å²) in [5.41, 5.74) is 5.83. The second kappa shape index (κ2) is 4.57. The molecule has 0 spiro atoms. The minimum absolute atomic E-state index is 0.0387. The van der Waals surface area contributed by atoms with Crippen molar-refractivity contribution in [2.24, 2.45) is 11.1 Å². The van der Waals surface area contributed by atoms with Crippen LogP contribution in [0.5, 0.6) is 5.75 Å². The summed E-state index contributed by atoms with van der Waals surface area (Å²) in [6.45, 7) is 0. The molecule has 5 heteroatoms. The fourth-order valence-electron chi connectivity index (χ4n) is 1.95. The Balaban J connectivity index is 2.23. The molecule has 0 bridgehead atoms. The molecular formula is C13H16N2O2S. The Labute approximate surface area is 112 Å². The molecule has 2 N–H and O–H groups in total. The molecule has 0 radical (unpaired) electrons. The normalized spacial score (nSPS) is 15.9. The van der Waals surface area contributed by atoms with Gasteiger partial charge in [-0.3, -0.25) is 4.79 Å². The van der Waals surface area contributed by atoms with Crippen molar-refractivity contribution < 1.29 is 9.53 Å². The summed E-state index contributed by atoms with van der Waals surface area (Å²) in [6.07, 6.45) is 1.49. The van der Waals surface area contributed by atoms with E-state index in [0.717, 1.165) is 18.5 Å². The number of anilines is 1. The van der Waals surface area contributed by atoms with Gasteiger partial charge in [0.1, 0.15) is 5.75 Å². The van der Waals surface area contributed by atoms with Crippen molar-refractivity contribution in [3.8, 4) is 5.75 Å². The first kappa shape index (κ1) is 12.8. The van der Waals surface area contributed by atoms with Crippen molar-refractivity contribution in [2.75, 3.05) is 19.1 Å². The van der Waals surface area contributed by atoms with Gasteiger partial charge in [0, 0.05) is 18.8 Å². The average Bonchev–Trinajstić information content (AvgIpc) is 3.18. The third-order valence-electron chi connectivity index (χ3n) is 3.38. The van der Waals surface area contributed by atoms with Crippen LogP contribution in [0.1, 0.15) is 12.8 Å². The summed E-state index contributed by atoms with van der Waals surface area (Å²) in [7, 11) is 3.33. The maximum atomic E-state index is 12.4. The van der Waals surface area contributed by atoms with Gasteiger partial charge in [0.2, 0.25) is 5.91 Å². The van der Waals surface area contributed by atoms with E-state index in [0.29, 0.717) is 10.7 Å². The number of nitrogens with two attached hydrogens (primary N) is 1. The van der Waals surface area contributed by atoms with Crippen LogP contribution < -0.4 is 15.4 Å². The van der Waals surface area contributed by atoms with E-state index in [2.05, 4.69) is 0 Å². The van der Waals surface area contributed by atoms with Crippen LogP contribution in [0, 0.1) is 5.41 Å². The number of hydrogen-bond donors (Lipinski definition) is 1. The highest BCUT2D eigenvalue weighted by atomic mass is 32.1. The van der Waals surface area contributed by atoms with Crippen molar-refractivity contribution in [1.82, 2.24) is 0 Å². The Kier molecular flexibility index (Phi) is 3.26. The second-order valence-corrected chi connectivity index (χ2v) is 4.95. The van der Waals surface area contributed by atoms with Crippen molar-refractivity contribution in [1.29, 1.82) is 0 Å². The first-order valence-corrected chi connectivity index (χ1v) is 6.14. The van der Waals surface area contributed by atoms with Crippen LogP contribution in [0.25, 0.3) is 0 Å². The lowest BCUT2D eigenvalue weighted by atomic mass is 10.1. The molecular weight excluding hydrogens is 248 g/mol. The van der Waals surface area contributed by atoms with E-state index in [1.165, 1.54) is 0 Å². The lowest BCUT2D eigenvalue weighted by Crippen LogP contribution is -2.40. The van der Waals surface area contributed by atoms with Gasteiger partial charge < -0.3 is 15.4 Å². The van der Waals surface area contributed by atoms with Crippen LogP contribution in [-0.4, -0.2) is 25.1 Å². The lowest BCUT2D eigenvalue weighted by Gasteiger charge is -2.23. The predicted octanol–water partition coefficient (Wildman–Crippen LogP) is 1.72. The van der Waals surface area contributed by atoms with Crippen LogP contribution >= 0.6 is 12.2 Å². The standard InChI is InChI=1S/C13H16N2O2S/c1-15(9-4-3-5-10(8-9)17-2)12(16)13(6-7-13)11(14)18/h3-5,8H,6-7H2,1-2H3,(H2,14,18). The fraction of sp³-hybridized carbons (Fsp3) is 0.385. The van der Waals surface area contributed by atoms with E-state index in [9.17, 15) is 4.79 Å². The van der Waals surface area contributed by atoms with Gasteiger partial charge in [0.15, 0.2) is 0 Å². The molecule has 0 aromatic heterocycles. The molecule has 0 atom stereocenters. The third kappa shape index (κ3) is 2.06. The number of carbonyl (C=O) groups excluding carboxylic acids is 1. The number of nitrogens with zero attached hydrogens (tertiary/aromatic N) is 1. The van der Waals surface area contributed by atoms with E-state index in [1.54, 1.807) is 19.1 Å². The van der Waals surface area contributed by atoms with E-state index in [4.69, 9.17) is 22.7 Å². The molecule has 1 aliphatic rings. The number of methoxy groups -OCH3 is 1. The first-order valence-electron chi connectivity index (χ1n) is 5.73. The smallest absolute Gasteiger partial charge is 0.239 e. The van der Waals surface area contributed by atoms with E-state index in [-0.39, 0.29) is 5.91 Å². The number of benzene rings is 1. The number of rotatable bonds is 4. The minimum atomic E-state index is -0.618. The Morgan fingerprint density at radius 3 is 2.67 bits per heavy atom. The van der Waals surface area contributed by atoms with Crippen LogP contribution in [0.4, 0.5) is 5.69 Å². The molecule has 1 fully saturated rings. The van der Waals surface area contributed by atoms with Crippen LogP contribution in [0.3, 0.4) is 0 Å². The molecule has 0 heterocycles.